The third-order valence-corrected chi connectivity index (χ3v) is 6.46. The Balaban J connectivity index is 0. The molecule has 152 valence electrons. The van der Waals surface area contributed by atoms with Crippen LogP contribution in [0, 0.1) is 0 Å². The zero-order chi connectivity index (χ0) is 19.0. The summed E-state index contributed by atoms with van der Waals surface area (Å²) in [7, 11) is -4.22. The Morgan fingerprint density at radius 1 is 0.731 bits per heavy atom. The van der Waals surface area contributed by atoms with Crippen LogP contribution < -0.4 is 51.4 Å². The molecule has 4 nitrogen and oxygen atoms in total. The maximum Gasteiger partial charge on any atom is 1.00 e. The molecule has 0 bridgehead atoms. The van der Waals surface area contributed by atoms with E-state index < -0.39 is 21.5 Å². The first-order valence-electron chi connectivity index (χ1n) is 10.5. The van der Waals surface area contributed by atoms with Crippen LogP contribution in [0.25, 0.3) is 0 Å². The van der Waals surface area contributed by atoms with E-state index in [2.05, 4.69) is 6.92 Å². The summed E-state index contributed by atoms with van der Waals surface area (Å²) in [5.41, 5.74) is 0. The first-order valence-corrected chi connectivity index (χ1v) is 12.0. The average molecular weight is 417 g/mol. The molecule has 0 fully saturated rings. The monoisotopic (exact) mass is 416 g/mol. The van der Waals surface area contributed by atoms with Crippen LogP contribution in [0.15, 0.2) is 0 Å². The quantitative estimate of drug-likeness (QED) is 0.212. The SMILES string of the molecule is CCCCCCCCCCCCCCC(O)CCC(CC)S(=O)(=O)[O-].[K+]. The second kappa shape index (κ2) is 19.8. The number of aliphatic hydroxyl groups is 1. The van der Waals surface area contributed by atoms with Crippen molar-refractivity contribution in [2.45, 2.75) is 128 Å². The molecule has 26 heavy (non-hydrogen) atoms. The molecule has 2 unspecified atom stereocenters. The summed E-state index contributed by atoms with van der Waals surface area (Å²) in [5, 5.41) is 9.08. The van der Waals surface area contributed by atoms with E-state index in [0.29, 0.717) is 19.3 Å². The Morgan fingerprint density at radius 2 is 1.15 bits per heavy atom. The minimum Gasteiger partial charge on any atom is -0.748 e. The van der Waals surface area contributed by atoms with Gasteiger partial charge in [0, 0.05) is 5.25 Å². The van der Waals surface area contributed by atoms with Gasteiger partial charge >= 0.3 is 51.4 Å². The van der Waals surface area contributed by atoms with Crippen LogP contribution in [0.4, 0.5) is 0 Å². The van der Waals surface area contributed by atoms with E-state index in [1.54, 1.807) is 6.92 Å². The molecule has 0 aliphatic rings. The molecule has 0 saturated heterocycles. The van der Waals surface area contributed by atoms with E-state index in [4.69, 9.17) is 0 Å². The molecule has 1 N–H and O–H groups in total. The maximum absolute atomic E-state index is 11.0. The third-order valence-electron chi connectivity index (χ3n) is 5.08. The molecule has 0 saturated carbocycles. The number of aliphatic hydroxyl groups excluding tert-OH is 1. The smallest absolute Gasteiger partial charge is 0.748 e. The van der Waals surface area contributed by atoms with E-state index in [1.165, 1.54) is 64.2 Å². The van der Waals surface area contributed by atoms with Crippen LogP contribution in [0.1, 0.15) is 117 Å². The van der Waals surface area contributed by atoms with Gasteiger partial charge in [0.2, 0.25) is 0 Å². The summed E-state index contributed by atoms with van der Waals surface area (Å²) in [6.07, 6.45) is 16.7. The number of hydrogen-bond acceptors (Lipinski definition) is 4. The fourth-order valence-electron chi connectivity index (χ4n) is 3.30. The normalized spacial score (nSPS) is 14.0. The summed E-state index contributed by atoms with van der Waals surface area (Å²) in [4.78, 5) is 0. The van der Waals surface area contributed by atoms with Crippen molar-refractivity contribution in [3.05, 3.63) is 0 Å². The van der Waals surface area contributed by atoms with Gasteiger partial charge < -0.3 is 9.66 Å². The first-order chi connectivity index (χ1) is 11.9. The molecular formula is C20H41KO4S. The fourth-order valence-corrected chi connectivity index (χ4v) is 4.13. The van der Waals surface area contributed by atoms with Crippen LogP contribution in [-0.2, 0) is 10.1 Å². The van der Waals surface area contributed by atoms with Crippen LogP contribution >= 0.6 is 0 Å². The molecule has 6 heteroatoms. The fraction of sp³-hybridized carbons (Fsp3) is 1.00. The standard InChI is InChI=1S/C20H42O4S.K/c1-3-5-6-7-8-9-10-11-12-13-14-15-16-19(21)17-18-20(4-2)25(22,23)24;/h19-21H,3-18H2,1-2H3,(H,22,23,24);/q;+1/p-1. The van der Waals surface area contributed by atoms with Crippen molar-refractivity contribution in [1.82, 2.24) is 0 Å². The number of rotatable bonds is 18. The molecule has 0 aliphatic carbocycles. The second-order valence-corrected chi connectivity index (χ2v) is 9.08. The largest absolute Gasteiger partial charge is 1.00 e. The van der Waals surface area contributed by atoms with Crippen LogP contribution in [0.5, 0.6) is 0 Å². The molecule has 0 aromatic rings. The Kier molecular flexibility index (Phi) is 22.6. The molecule has 0 amide bonds. The van der Waals surface area contributed by atoms with E-state index >= 15 is 0 Å². The van der Waals surface area contributed by atoms with E-state index in [-0.39, 0.29) is 57.8 Å². The molecule has 0 aromatic heterocycles. The minimum atomic E-state index is -4.22. The van der Waals surface area contributed by atoms with Crippen molar-refractivity contribution < 1.29 is 69.5 Å². The summed E-state index contributed by atoms with van der Waals surface area (Å²) < 4.78 is 33.0. The van der Waals surface area contributed by atoms with Crippen molar-refractivity contribution >= 4 is 10.1 Å². The second-order valence-electron chi connectivity index (χ2n) is 7.43. The van der Waals surface area contributed by atoms with Gasteiger partial charge in [-0.1, -0.05) is 90.9 Å². The van der Waals surface area contributed by atoms with Gasteiger partial charge in [-0.15, -0.1) is 0 Å². The Bertz CT molecular complexity index is 387. The summed E-state index contributed by atoms with van der Waals surface area (Å²) in [6, 6.07) is 0. The van der Waals surface area contributed by atoms with Gasteiger partial charge in [0.25, 0.3) is 0 Å². The predicted octanol–water partition coefficient (Wildman–Crippen LogP) is 2.55. The molecule has 0 rings (SSSR count). The van der Waals surface area contributed by atoms with Gasteiger partial charge in [0.15, 0.2) is 0 Å². The van der Waals surface area contributed by atoms with Crippen molar-refractivity contribution in [3.8, 4) is 0 Å². The zero-order valence-electron chi connectivity index (χ0n) is 17.5. The Morgan fingerprint density at radius 3 is 1.54 bits per heavy atom. The molecule has 2 atom stereocenters. The van der Waals surface area contributed by atoms with Crippen molar-refractivity contribution in [1.29, 1.82) is 0 Å². The summed E-state index contributed by atoms with van der Waals surface area (Å²) >= 11 is 0. The summed E-state index contributed by atoms with van der Waals surface area (Å²) in [6.45, 7) is 3.95. The van der Waals surface area contributed by atoms with Gasteiger partial charge in [0.1, 0.15) is 0 Å². The number of unbranched alkanes of at least 4 members (excludes halogenated alkanes) is 11. The van der Waals surface area contributed by atoms with E-state index in [9.17, 15) is 18.1 Å². The van der Waals surface area contributed by atoms with Gasteiger partial charge in [-0.05, 0) is 25.7 Å². The third kappa shape index (κ3) is 18.9. The molecular weight excluding hydrogens is 375 g/mol. The van der Waals surface area contributed by atoms with Crippen LogP contribution in [0.3, 0.4) is 0 Å². The zero-order valence-corrected chi connectivity index (χ0v) is 21.5. The average Bonchev–Trinajstić information content (AvgIpc) is 2.55. The van der Waals surface area contributed by atoms with Crippen molar-refractivity contribution in [2.75, 3.05) is 0 Å². The Labute approximate surface area is 205 Å². The van der Waals surface area contributed by atoms with E-state index in [0.717, 1.165) is 12.8 Å². The molecule has 0 heterocycles. The predicted molar refractivity (Wildman–Crippen MR) is 105 cm³/mol. The van der Waals surface area contributed by atoms with Gasteiger partial charge in [-0.2, -0.15) is 0 Å². The minimum absolute atomic E-state index is 0. The van der Waals surface area contributed by atoms with Gasteiger partial charge in [-0.25, -0.2) is 8.42 Å². The van der Waals surface area contributed by atoms with Crippen molar-refractivity contribution in [2.24, 2.45) is 0 Å². The molecule has 0 radical (unpaired) electrons. The maximum atomic E-state index is 11.0. The number of hydrogen-bond donors (Lipinski definition) is 1. The Hall–Kier alpha value is 1.51. The summed E-state index contributed by atoms with van der Waals surface area (Å²) in [5.74, 6) is 0. The van der Waals surface area contributed by atoms with Crippen LogP contribution in [-0.4, -0.2) is 29.4 Å². The molecule has 0 aliphatic heterocycles. The van der Waals surface area contributed by atoms with Crippen LogP contribution in [0.2, 0.25) is 0 Å². The molecule has 0 aromatic carbocycles. The first kappa shape index (κ1) is 29.7. The molecule has 0 spiro atoms. The van der Waals surface area contributed by atoms with Crippen molar-refractivity contribution in [3.63, 3.8) is 0 Å². The topological polar surface area (TPSA) is 77.4 Å². The van der Waals surface area contributed by atoms with E-state index in [1.807, 2.05) is 0 Å². The van der Waals surface area contributed by atoms with Gasteiger partial charge in [0.05, 0.1) is 16.2 Å². The van der Waals surface area contributed by atoms with Gasteiger partial charge in [-0.3, -0.25) is 0 Å².